The van der Waals surface area contributed by atoms with Gasteiger partial charge in [0.05, 0.1) is 23.1 Å². The lowest BCUT2D eigenvalue weighted by Crippen LogP contribution is -2.21. The molecular formula is C26H22Cl3N5O2S. The fourth-order valence-electron chi connectivity index (χ4n) is 3.39. The van der Waals surface area contributed by atoms with E-state index < -0.39 is 0 Å². The van der Waals surface area contributed by atoms with E-state index in [1.54, 1.807) is 37.3 Å². The number of benzene rings is 3. The summed E-state index contributed by atoms with van der Waals surface area (Å²) in [6.45, 7) is 4.26. The molecule has 0 radical (unpaired) electrons. The highest BCUT2D eigenvalue weighted by atomic mass is 35.5. The zero-order valence-electron chi connectivity index (χ0n) is 19.9. The zero-order valence-corrected chi connectivity index (χ0v) is 23.0. The number of amides is 1. The Morgan fingerprint density at radius 1 is 1.00 bits per heavy atom. The molecule has 0 saturated carbocycles. The van der Waals surface area contributed by atoms with E-state index in [9.17, 15) is 4.79 Å². The molecule has 7 nitrogen and oxygen atoms in total. The Balaban J connectivity index is 1.54. The maximum Gasteiger partial charge on any atom is 0.250 e. The second-order valence-electron chi connectivity index (χ2n) is 7.72. The first-order valence-corrected chi connectivity index (χ1v) is 13.3. The molecule has 0 bridgehead atoms. The maximum atomic E-state index is 12.6. The molecule has 1 N–H and O–H groups in total. The van der Waals surface area contributed by atoms with Crippen LogP contribution in [-0.2, 0) is 4.79 Å². The van der Waals surface area contributed by atoms with Crippen LogP contribution in [0.1, 0.15) is 19.4 Å². The Labute approximate surface area is 233 Å². The quantitative estimate of drug-likeness (QED) is 0.133. The van der Waals surface area contributed by atoms with Gasteiger partial charge in [-0.15, -0.1) is 10.2 Å². The van der Waals surface area contributed by atoms with E-state index >= 15 is 0 Å². The van der Waals surface area contributed by atoms with E-state index in [-0.39, 0.29) is 11.7 Å². The summed E-state index contributed by atoms with van der Waals surface area (Å²) >= 11 is 19.5. The monoisotopic (exact) mass is 573 g/mol. The average Bonchev–Trinajstić information content (AvgIpc) is 3.31. The van der Waals surface area contributed by atoms with Crippen molar-refractivity contribution in [1.82, 2.24) is 20.2 Å². The zero-order chi connectivity index (χ0) is 26.4. The first kappa shape index (κ1) is 27.0. The fraction of sp³-hybridized carbons (Fsp3) is 0.154. The van der Waals surface area contributed by atoms with Gasteiger partial charge in [0.15, 0.2) is 11.0 Å². The Morgan fingerprint density at radius 3 is 2.38 bits per heavy atom. The number of nitrogens with zero attached hydrogens (tertiary/aromatic N) is 4. The van der Waals surface area contributed by atoms with E-state index in [2.05, 4.69) is 20.7 Å². The number of carbonyl (C=O) groups excluding carboxylic acids is 1. The summed E-state index contributed by atoms with van der Waals surface area (Å²) in [6.07, 6.45) is 0. The van der Waals surface area contributed by atoms with Gasteiger partial charge in [-0.1, -0.05) is 52.6 Å². The first-order valence-electron chi connectivity index (χ1n) is 11.2. The van der Waals surface area contributed by atoms with Crippen molar-refractivity contribution < 1.29 is 9.53 Å². The third-order valence-corrected chi connectivity index (χ3v) is 6.87. The van der Waals surface area contributed by atoms with Gasteiger partial charge in [0.1, 0.15) is 5.75 Å². The Morgan fingerprint density at radius 2 is 1.70 bits per heavy atom. The van der Waals surface area contributed by atoms with Gasteiger partial charge in [0.2, 0.25) is 0 Å². The second kappa shape index (κ2) is 12.5. The van der Waals surface area contributed by atoms with E-state index in [1.165, 1.54) is 11.8 Å². The first-order chi connectivity index (χ1) is 17.9. The largest absolute Gasteiger partial charge is 0.494 e. The molecular weight excluding hydrogens is 553 g/mol. The Kier molecular flexibility index (Phi) is 9.10. The number of hydrogen-bond acceptors (Lipinski definition) is 6. The van der Waals surface area contributed by atoms with Crippen LogP contribution < -0.4 is 10.2 Å². The molecule has 190 valence electrons. The number of rotatable bonds is 9. The number of halogens is 3. The number of hydrogen-bond donors (Lipinski definition) is 1. The highest BCUT2D eigenvalue weighted by molar-refractivity contribution is 7.99. The third-order valence-electron chi connectivity index (χ3n) is 5.14. The smallest absolute Gasteiger partial charge is 0.250 e. The third kappa shape index (κ3) is 6.84. The Bertz CT molecular complexity index is 1420. The van der Waals surface area contributed by atoms with Crippen molar-refractivity contribution >= 4 is 58.2 Å². The minimum atomic E-state index is -0.302. The van der Waals surface area contributed by atoms with Crippen molar-refractivity contribution in [2.45, 2.75) is 19.0 Å². The summed E-state index contributed by atoms with van der Waals surface area (Å²) < 4.78 is 7.45. The number of nitrogens with one attached hydrogen (secondary N) is 1. The standard InChI is InChI=1S/C26H22Cl3N5O2S/c1-3-36-21-11-9-20(10-12-21)34-25(17-4-6-18(27)7-5-17)32-33-26(34)37-15-24(35)31-30-16(2)22-13-8-19(28)14-23(22)29/h4-14H,3,15H2,1-2H3,(H,31,35)/b30-16+. The normalized spacial score (nSPS) is 11.4. The molecule has 4 rings (SSSR count). The molecule has 1 aromatic heterocycles. The van der Waals surface area contributed by atoms with Crippen LogP contribution in [0.5, 0.6) is 5.75 Å². The van der Waals surface area contributed by atoms with E-state index in [4.69, 9.17) is 39.5 Å². The second-order valence-corrected chi connectivity index (χ2v) is 9.94. The summed E-state index contributed by atoms with van der Waals surface area (Å²) in [5.74, 6) is 1.15. The molecule has 0 aliphatic carbocycles. The number of ether oxygens (including phenoxy) is 1. The lowest BCUT2D eigenvalue weighted by Gasteiger charge is -2.11. The van der Waals surface area contributed by atoms with Crippen molar-refractivity contribution in [3.63, 3.8) is 0 Å². The molecule has 0 aliphatic heterocycles. The number of aromatic nitrogens is 3. The van der Waals surface area contributed by atoms with Crippen LogP contribution in [0.4, 0.5) is 0 Å². The van der Waals surface area contributed by atoms with Crippen LogP contribution in [0.3, 0.4) is 0 Å². The predicted octanol–water partition coefficient (Wildman–Crippen LogP) is 6.93. The van der Waals surface area contributed by atoms with E-state index in [0.29, 0.717) is 43.9 Å². The minimum absolute atomic E-state index is 0.0703. The van der Waals surface area contributed by atoms with Crippen LogP contribution in [0, 0.1) is 0 Å². The lowest BCUT2D eigenvalue weighted by molar-refractivity contribution is -0.118. The van der Waals surface area contributed by atoms with E-state index in [1.807, 2.05) is 47.9 Å². The van der Waals surface area contributed by atoms with Gasteiger partial charge in [-0.25, -0.2) is 5.43 Å². The van der Waals surface area contributed by atoms with E-state index in [0.717, 1.165) is 17.0 Å². The van der Waals surface area contributed by atoms with Crippen molar-refractivity contribution in [2.24, 2.45) is 5.10 Å². The average molecular weight is 575 g/mol. The SMILES string of the molecule is CCOc1ccc(-n2c(SCC(=O)N/N=C(\C)c3ccc(Cl)cc3Cl)nnc2-c2ccc(Cl)cc2)cc1. The van der Waals surface area contributed by atoms with Gasteiger partial charge in [0, 0.05) is 26.9 Å². The van der Waals surface area contributed by atoms with Crippen molar-refractivity contribution in [2.75, 3.05) is 12.4 Å². The molecule has 0 aliphatic rings. The molecule has 0 spiro atoms. The van der Waals surface area contributed by atoms with Crippen LogP contribution in [0.2, 0.25) is 15.1 Å². The summed E-state index contributed by atoms with van der Waals surface area (Å²) in [5.41, 5.74) is 5.47. The number of thioether (sulfide) groups is 1. The van der Waals surface area contributed by atoms with Gasteiger partial charge in [-0.05, 0) is 74.5 Å². The maximum absolute atomic E-state index is 12.6. The van der Waals surface area contributed by atoms with Gasteiger partial charge in [-0.2, -0.15) is 5.10 Å². The molecule has 3 aromatic carbocycles. The van der Waals surface area contributed by atoms with Crippen LogP contribution >= 0.6 is 46.6 Å². The molecule has 0 unspecified atom stereocenters. The predicted molar refractivity (Wildman–Crippen MR) is 151 cm³/mol. The topological polar surface area (TPSA) is 81.4 Å². The van der Waals surface area contributed by atoms with Crippen molar-refractivity contribution in [1.29, 1.82) is 0 Å². The highest BCUT2D eigenvalue weighted by Gasteiger charge is 2.18. The number of carbonyl (C=O) groups is 1. The van der Waals surface area contributed by atoms with Crippen LogP contribution in [0.25, 0.3) is 17.1 Å². The van der Waals surface area contributed by atoms with Crippen molar-refractivity contribution in [3.05, 3.63) is 87.4 Å². The van der Waals surface area contributed by atoms with Gasteiger partial charge >= 0.3 is 0 Å². The van der Waals surface area contributed by atoms with Gasteiger partial charge in [-0.3, -0.25) is 9.36 Å². The molecule has 0 saturated heterocycles. The van der Waals surface area contributed by atoms with Crippen molar-refractivity contribution in [3.8, 4) is 22.8 Å². The molecule has 11 heteroatoms. The lowest BCUT2D eigenvalue weighted by atomic mass is 10.1. The fourth-order valence-corrected chi connectivity index (χ4v) is 4.81. The molecule has 1 heterocycles. The molecule has 0 fully saturated rings. The molecule has 4 aromatic rings. The number of hydrazone groups is 1. The summed E-state index contributed by atoms with van der Waals surface area (Å²) in [6, 6.07) is 20.0. The van der Waals surface area contributed by atoms with Crippen LogP contribution in [-0.4, -0.2) is 38.7 Å². The molecule has 1 amide bonds. The summed E-state index contributed by atoms with van der Waals surface area (Å²) in [5, 5.41) is 15.1. The Hall–Kier alpha value is -3.04. The summed E-state index contributed by atoms with van der Waals surface area (Å²) in [4.78, 5) is 12.6. The van der Waals surface area contributed by atoms with Gasteiger partial charge in [0.25, 0.3) is 5.91 Å². The minimum Gasteiger partial charge on any atom is -0.494 e. The molecule has 37 heavy (non-hydrogen) atoms. The summed E-state index contributed by atoms with van der Waals surface area (Å²) in [7, 11) is 0. The van der Waals surface area contributed by atoms with Crippen LogP contribution in [0.15, 0.2) is 77.0 Å². The highest BCUT2D eigenvalue weighted by Crippen LogP contribution is 2.29. The molecule has 0 atom stereocenters. The van der Waals surface area contributed by atoms with Gasteiger partial charge < -0.3 is 4.74 Å².